The second kappa shape index (κ2) is 4.96. The largest absolute Gasteiger partial charge is 0.280 e. The zero-order valence-electron chi connectivity index (χ0n) is 9.10. The van der Waals surface area contributed by atoms with Crippen molar-refractivity contribution in [3.05, 3.63) is 59.4 Å². The van der Waals surface area contributed by atoms with Gasteiger partial charge in [-0.3, -0.25) is 4.72 Å². The van der Waals surface area contributed by atoms with Crippen molar-refractivity contribution in [3.63, 3.8) is 0 Å². The highest BCUT2D eigenvalue weighted by atomic mass is 35.5. The summed E-state index contributed by atoms with van der Waals surface area (Å²) in [5.41, 5.74) is 0.367. The quantitative estimate of drug-likeness (QED) is 0.941. The summed E-state index contributed by atoms with van der Waals surface area (Å²) in [6.45, 7) is 0. The van der Waals surface area contributed by atoms with E-state index < -0.39 is 20.7 Å². The van der Waals surface area contributed by atoms with E-state index in [-0.39, 0.29) is 5.02 Å². The summed E-state index contributed by atoms with van der Waals surface area (Å²) in [4.78, 5) is -0.434. The third-order valence-electron chi connectivity index (χ3n) is 2.21. The van der Waals surface area contributed by atoms with Gasteiger partial charge in [-0.05, 0) is 30.3 Å². The smallest absolute Gasteiger partial charge is 0.264 e. The molecule has 6 heteroatoms. The molecule has 2 rings (SSSR count). The number of para-hydroxylation sites is 1. The minimum atomic E-state index is -3.94. The van der Waals surface area contributed by atoms with E-state index in [4.69, 9.17) is 11.6 Å². The lowest BCUT2D eigenvalue weighted by molar-refractivity contribution is 0.570. The molecular formula is C12H9ClFNO2S. The van der Waals surface area contributed by atoms with Crippen LogP contribution in [-0.4, -0.2) is 8.42 Å². The number of rotatable bonds is 3. The molecule has 0 spiro atoms. The molecule has 0 amide bonds. The first kappa shape index (κ1) is 12.9. The van der Waals surface area contributed by atoms with Crippen LogP contribution in [-0.2, 0) is 10.0 Å². The van der Waals surface area contributed by atoms with Crippen LogP contribution >= 0.6 is 11.6 Å². The van der Waals surface area contributed by atoms with Gasteiger partial charge in [0.25, 0.3) is 10.0 Å². The van der Waals surface area contributed by atoms with E-state index in [1.165, 1.54) is 6.07 Å². The fourth-order valence-corrected chi connectivity index (χ4v) is 2.69. The third kappa shape index (κ3) is 2.80. The molecule has 0 saturated heterocycles. The fraction of sp³-hybridized carbons (Fsp3) is 0. The first-order chi connectivity index (χ1) is 8.49. The Morgan fingerprint density at radius 3 is 2.33 bits per heavy atom. The SMILES string of the molecule is O=S(=O)(Nc1ccccc1)c1ccc(Cl)cc1F. The van der Waals surface area contributed by atoms with E-state index in [1.54, 1.807) is 30.3 Å². The summed E-state index contributed by atoms with van der Waals surface area (Å²) >= 11 is 5.57. The maximum atomic E-state index is 13.5. The van der Waals surface area contributed by atoms with E-state index in [1.807, 2.05) is 0 Å². The lowest BCUT2D eigenvalue weighted by atomic mass is 10.3. The molecule has 0 aliphatic rings. The maximum Gasteiger partial charge on any atom is 0.264 e. The van der Waals surface area contributed by atoms with Gasteiger partial charge in [0.2, 0.25) is 0 Å². The van der Waals surface area contributed by atoms with Gasteiger partial charge < -0.3 is 0 Å². The van der Waals surface area contributed by atoms with Crippen LogP contribution in [0.15, 0.2) is 53.4 Å². The number of benzene rings is 2. The Bertz CT molecular complexity index is 659. The summed E-state index contributed by atoms with van der Waals surface area (Å²) in [5, 5.41) is 0.145. The number of nitrogens with one attached hydrogen (secondary N) is 1. The summed E-state index contributed by atoms with van der Waals surface area (Å²) in [5.74, 6) is -0.883. The minimum Gasteiger partial charge on any atom is -0.280 e. The Labute approximate surface area is 109 Å². The van der Waals surface area contributed by atoms with E-state index >= 15 is 0 Å². The van der Waals surface area contributed by atoms with Gasteiger partial charge in [-0.1, -0.05) is 29.8 Å². The van der Waals surface area contributed by atoms with Crippen molar-refractivity contribution in [2.75, 3.05) is 4.72 Å². The Hall–Kier alpha value is -1.59. The Balaban J connectivity index is 2.37. The molecule has 0 aliphatic carbocycles. The van der Waals surface area contributed by atoms with Crippen molar-refractivity contribution in [2.24, 2.45) is 0 Å². The Morgan fingerprint density at radius 2 is 1.72 bits per heavy atom. The van der Waals surface area contributed by atoms with Crippen LogP contribution < -0.4 is 4.72 Å². The van der Waals surface area contributed by atoms with Gasteiger partial charge in [0.05, 0.1) is 0 Å². The van der Waals surface area contributed by atoms with Gasteiger partial charge in [0.15, 0.2) is 0 Å². The van der Waals surface area contributed by atoms with Crippen molar-refractivity contribution in [1.82, 2.24) is 0 Å². The average molecular weight is 286 g/mol. The second-order valence-electron chi connectivity index (χ2n) is 3.55. The first-order valence-electron chi connectivity index (χ1n) is 5.02. The number of hydrogen-bond acceptors (Lipinski definition) is 2. The number of anilines is 1. The number of hydrogen-bond donors (Lipinski definition) is 1. The summed E-state index contributed by atoms with van der Waals surface area (Å²) in [6, 6.07) is 11.7. The van der Waals surface area contributed by atoms with Gasteiger partial charge in [-0.25, -0.2) is 12.8 Å². The molecule has 0 heterocycles. The topological polar surface area (TPSA) is 46.2 Å². The molecule has 2 aromatic rings. The Kier molecular flexibility index (Phi) is 3.54. The van der Waals surface area contributed by atoms with Gasteiger partial charge in [-0.2, -0.15) is 0 Å². The van der Waals surface area contributed by atoms with E-state index in [2.05, 4.69) is 4.72 Å². The first-order valence-corrected chi connectivity index (χ1v) is 6.88. The van der Waals surface area contributed by atoms with Crippen molar-refractivity contribution >= 4 is 27.3 Å². The molecule has 2 aromatic carbocycles. The molecule has 0 fully saturated rings. The highest BCUT2D eigenvalue weighted by molar-refractivity contribution is 7.92. The molecule has 0 aliphatic heterocycles. The van der Waals surface area contributed by atoms with Gasteiger partial charge in [0, 0.05) is 10.7 Å². The summed E-state index contributed by atoms with van der Waals surface area (Å²) in [6.07, 6.45) is 0. The summed E-state index contributed by atoms with van der Waals surface area (Å²) < 4.78 is 39.7. The lowest BCUT2D eigenvalue weighted by Gasteiger charge is -2.08. The number of sulfonamides is 1. The van der Waals surface area contributed by atoms with Crippen LogP contribution in [0.1, 0.15) is 0 Å². The van der Waals surface area contributed by atoms with E-state index in [0.717, 1.165) is 12.1 Å². The molecule has 1 N–H and O–H groups in total. The van der Waals surface area contributed by atoms with Crippen molar-refractivity contribution < 1.29 is 12.8 Å². The van der Waals surface area contributed by atoms with Gasteiger partial charge >= 0.3 is 0 Å². The van der Waals surface area contributed by atoms with Gasteiger partial charge in [0.1, 0.15) is 10.7 Å². The predicted octanol–water partition coefficient (Wildman–Crippen LogP) is 3.28. The zero-order valence-corrected chi connectivity index (χ0v) is 10.7. The van der Waals surface area contributed by atoms with Crippen LogP contribution in [0.25, 0.3) is 0 Å². The fourth-order valence-electron chi connectivity index (χ4n) is 1.41. The molecule has 0 saturated carbocycles. The average Bonchev–Trinajstić information content (AvgIpc) is 2.29. The van der Waals surface area contributed by atoms with Crippen molar-refractivity contribution in [1.29, 1.82) is 0 Å². The monoisotopic (exact) mass is 285 g/mol. The highest BCUT2D eigenvalue weighted by Crippen LogP contribution is 2.21. The molecule has 0 bridgehead atoms. The molecule has 3 nitrogen and oxygen atoms in total. The third-order valence-corrected chi connectivity index (χ3v) is 3.86. The van der Waals surface area contributed by atoms with Crippen LogP contribution in [0, 0.1) is 5.82 Å². The molecule has 0 atom stereocenters. The lowest BCUT2D eigenvalue weighted by Crippen LogP contribution is -2.14. The summed E-state index contributed by atoms with van der Waals surface area (Å²) in [7, 11) is -3.94. The molecule has 18 heavy (non-hydrogen) atoms. The van der Waals surface area contributed by atoms with Gasteiger partial charge in [-0.15, -0.1) is 0 Å². The van der Waals surface area contributed by atoms with E-state index in [9.17, 15) is 12.8 Å². The van der Waals surface area contributed by atoms with Crippen LogP contribution in [0.3, 0.4) is 0 Å². The highest BCUT2D eigenvalue weighted by Gasteiger charge is 2.19. The van der Waals surface area contributed by atoms with Crippen LogP contribution in [0.4, 0.5) is 10.1 Å². The molecule has 0 unspecified atom stereocenters. The van der Waals surface area contributed by atoms with Crippen LogP contribution in [0.2, 0.25) is 5.02 Å². The molecule has 94 valence electrons. The zero-order chi connectivity index (χ0) is 13.2. The maximum absolute atomic E-state index is 13.5. The minimum absolute atomic E-state index is 0.145. The normalized spacial score (nSPS) is 11.2. The predicted molar refractivity (Wildman–Crippen MR) is 68.7 cm³/mol. The molecule has 0 aromatic heterocycles. The Morgan fingerprint density at radius 1 is 1.06 bits per heavy atom. The van der Waals surface area contributed by atoms with Crippen LogP contribution in [0.5, 0.6) is 0 Å². The standard InChI is InChI=1S/C12H9ClFNO2S/c13-9-6-7-12(11(14)8-9)18(16,17)15-10-4-2-1-3-5-10/h1-8,15H. The molecule has 0 radical (unpaired) electrons. The number of halogens is 2. The second-order valence-corrected chi connectivity index (χ2v) is 5.63. The molecular weight excluding hydrogens is 277 g/mol. The van der Waals surface area contributed by atoms with Crippen molar-refractivity contribution in [3.8, 4) is 0 Å². The van der Waals surface area contributed by atoms with E-state index in [0.29, 0.717) is 5.69 Å². The van der Waals surface area contributed by atoms with Crippen molar-refractivity contribution in [2.45, 2.75) is 4.90 Å².